The highest BCUT2D eigenvalue weighted by molar-refractivity contribution is 8.01. The molecule has 0 bridgehead atoms. The maximum atomic E-state index is 14.1. The van der Waals surface area contributed by atoms with Crippen LogP contribution in [0.5, 0.6) is 0 Å². The Morgan fingerprint density at radius 3 is 2.35 bits per heavy atom. The number of ether oxygens (including phenoxy) is 1. The molecule has 0 radical (unpaired) electrons. The summed E-state index contributed by atoms with van der Waals surface area (Å²) in [5, 5.41) is 14.2. The number of alkyl carbamates (subject to hydrolysis) is 1. The van der Waals surface area contributed by atoms with Crippen LogP contribution in [0.1, 0.15) is 92.4 Å². The Kier molecular flexibility index (Phi) is 12.5. The zero-order valence-electron chi connectivity index (χ0n) is 23.4. The average molecular weight is 540 g/mol. The number of hydrogen-bond acceptors (Lipinski definition) is 6. The second kappa shape index (κ2) is 14.8. The lowest BCUT2D eigenvalue weighted by Gasteiger charge is -2.38. The van der Waals surface area contributed by atoms with Crippen LogP contribution in [-0.2, 0) is 14.3 Å². The highest BCUT2D eigenvalue weighted by Gasteiger charge is 2.47. The first-order valence-electron chi connectivity index (χ1n) is 14.1. The van der Waals surface area contributed by atoms with Crippen LogP contribution in [0, 0.1) is 17.2 Å². The summed E-state index contributed by atoms with van der Waals surface area (Å²) in [6.07, 6.45) is 8.06. The summed E-state index contributed by atoms with van der Waals surface area (Å²) in [6, 6.07) is -1.63. The third-order valence-corrected chi connectivity index (χ3v) is 9.48. The highest BCUT2D eigenvalue weighted by Crippen LogP contribution is 2.37. The number of hydrogen-bond donors (Lipinski definition) is 4. The fourth-order valence-corrected chi connectivity index (χ4v) is 6.80. The third kappa shape index (κ3) is 9.07. The molecule has 0 aromatic heterocycles. The van der Waals surface area contributed by atoms with E-state index in [1.54, 1.807) is 11.8 Å². The van der Waals surface area contributed by atoms with Crippen molar-refractivity contribution < 1.29 is 19.1 Å². The van der Waals surface area contributed by atoms with Gasteiger partial charge in [0, 0.05) is 29.0 Å². The van der Waals surface area contributed by atoms with E-state index < -0.39 is 28.8 Å². The van der Waals surface area contributed by atoms with E-state index in [2.05, 4.69) is 24.5 Å². The third-order valence-electron chi connectivity index (χ3n) is 7.64. The molecular formula is C27H49N5O4S. The molecule has 37 heavy (non-hydrogen) atoms. The Bertz CT molecular complexity index is 783. The van der Waals surface area contributed by atoms with Gasteiger partial charge in [0.05, 0.1) is 12.4 Å². The molecule has 1 saturated heterocycles. The van der Waals surface area contributed by atoms with Gasteiger partial charge in [0.2, 0.25) is 11.8 Å². The zero-order chi connectivity index (χ0) is 27.6. The van der Waals surface area contributed by atoms with Crippen molar-refractivity contribution in [3.8, 4) is 0 Å². The molecule has 2 aliphatic rings. The number of nitrogens with one attached hydrogen (secondary N) is 3. The lowest BCUT2D eigenvalue weighted by Crippen LogP contribution is -2.60. The Morgan fingerprint density at radius 1 is 1.14 bits per heavy atom. The second-order valence-corrected chi connectivity index (χ2v) is 13.0. The van der Waals surface area contributed by atoms with Gasteiger partial charge in [0.15, 0.2) is 0 Å². The van der Waals surface area contributed by atoms with Gasteiger partial charge in [0.1, 0.15) is 12.1 Å². The molecule has 3 amide bonds. The topological polar surface area (TPSA) is 138 Å². The van der Waals surface area contributed by atoms with E-state index in [-0.39, 0.29) is 30.8 Å². The number of carbonyl (C=O) groups excluding carboxylic acids is 3. The molecule has 3 atom stereocenters. The molecule has 10 heteroatoms. The largest absolute Gasteiger partial charge is 0.450 e. The van der Waals surface area contributed by atoms with Crippen LogP contribution in [0.15, 0.2) is 0 Å². The van der Waals surface area contributed by atoms with Gasteiger partial charge in [-0.1, -0.05) is 40.0 Å². The van der Waals surface area contributed by atoms with Crippen molar-refractivity contribution in [2.75, 3.05) is 19.7 Å². The van der Waals surface area contributed by atoms with Gasteiger partial charge in [-0.3, -0.25) is 15.0 Å². The van der Waals surface area contributed by atoms with Crippen LogP contribution in [-0.4, -0.2) is 70.4 Å². The molecule has 1 aliphatic heterocycles. The molecule has 1 saturated carbocycles. The minimum absolute atomic E-state index is 0.0297. The summed E-state index contributed by atoms with van der Waals surface area (Å²) in [7, 11) is 0. The summed E-state index contributed by atoms with van der Waals surface area (Å²) >= 11 is 1.67. The SMILES string of the molecule is CCCOC(=O)N[C@@H](C(=O)N1C[C@H](C(=N)N)C[C@H]1C(=O)NCC1CCCCC1)C(C)(C)SC(CC)CC. The van der Waals surface area contributed by atoms with Gasteiger partial charge in [-0.15, -0.1) is 11.8 Å². The van der Waals surface area contributed by atoms with Crippen LogP contribution in [0.3, 0.4) is 0 Å². The van der Waals surface area contributed by atoms with E-state index in [4.69, 9.17) is 15.9 Å². The van der Waals surface area contributed by atoms with Gasteiger partial charge in [-0.25, -0.2) is 4.79 Å². The average Bonchev–Trinajstić information content (AvgIpc) is 3.34. The number of rotatable bonds is 13. The maximum absolute atomic E-state index is 14.1. The molecule has 5 N–H and O–H groups in total. The smallest absolute Gasteiger partial charge is 0.407 e. The zero-order valence-corrected chi connectivity index (χ0v) is 24.3. The van der Waals surface area contributed by atoms with Crippen LogP contribution in [0.4, 0.5) is 4.79 Å². The van der Waals surface area contributed by atoms with E-state index >= 15 is 0 Å². The molecule has 9 nitrogen and oxygen atoms in total. The number of carbonyl (C=O) groups is 3. The van der Waals surface area contributed by atoms with Crippen molar-refractivity contribution in [2.24, 2.45) is 17.6 Å². The molecule has 0 aromatic rings. The fourth-order valence-electron chi connectivity index (χ4n) is 5.31. The van der Waals surface area contributed by atoms with E-state index in [9.17, 15) is 14.4 Å². The lowest BCUT2D eigenvalue weighted by atomic mass is 9.89. The van der Waals surface area contributed by atoms with E-state index in [0.717, 1.165) is 25.7 Å². The van der Waals surface area contributed by atoms with Crippen molar-refractivity contribution in [1.29, 1.82) is 5.41 Å². The Hall–Kier alpha value is -1.97. The van der Waals surface area contributed by atoms with Crippen LogP contribution < -0.4 is 16.4 Å². The predicted octanol–water partition coefficient (Wildman–Crippen LogP) is 4.04. The Morgan fingerprint density at radius 2 is 1.78 bits per heavy atom. The predicted molar refractivity (Wildman–Crippen MR) is 150 cm³/mol. The van der Waals surface area contributed by atoms with Gasteiger partial charge < -0.3 is 26.0 Å². The summed E-state index contributed by atoms with van der Waals surface area (Å²) < 4.78 is 4.61. The van der Waals surface area contributed by atoms with E-state index in [1.165, 1.54) is 24.2 Å². The minimum Gasteiger partial charge on any atom is -0.450 e. The number of nitrogens with zero attached hydrogens (tertiary/aromatic N) is 1. The van der Waals surface area contributed by atoms with Crippen molar-refractivity contribution in [1.82, 2.24) is 15.5 Å². The molecule has 2 fully saturated rings. The molecule has 212 valence electrons. The summed E-state index contributed by atoms with van der Waals surface area (Å²) in [4.78, 5) is 41.6. The fraction of sp³-hybridized carbons (Fsp3) is 0.852. The van der Waals surface area contributed by atoms with Crippen LogP contribution in [0.25, 0.3) is 0 Å². The van der Waals surface area contributed by atoms with Crippen molar-refractivity contribution in [3.05, 3.63) is 0 Å². The summed E-state index contributed by atoms with van der Waals surface area (Å²) in [5.41, 5.74) is 5.83. The number of likely N-dealkylation sites (tertiary alicyclic amines) is 1. The second-order valence-electron chi connectivity index (χ2n) is 11.0. The monoisotopic (exact) mass is 539 g/mol. The van der Waals surface area contributed by atoms with Crippen molar-refractivity contribution >= 4 is 35.5 Å². The van der Waals surface area contributed by atoms with E-state index in [0.29, 0.717) is 30.6 Å². The lowest BCUT2D eigenvalue weighted by molar-refractivity contribution is -0.140. The number of amidine groups is 1. The highest BCUT2D eigenvalue weighted by atomic mass is 32.2. The Balaban J connectivity index is 2.27. The van der Waals surface area contributed by atoms with Gasteiger partial charge in [-0.2, -0.15) is 0 Å². The van der Waals surface area contributed by atoms with Crippen molar-refractivity contribution in [3.63, 3.8) is 0 Å². The van der Waals surface area contributed by atoms with E-state index in [1.807, 2.05) is 20.8 Å². The van der Waals surface area contributed by atoms with Crippen LogP contribution >= 0.6 is 11.8 Å². The molecule has 2 rings (SSSR count). The number of thioether (sulfide) groups is 1. The first kappa shape index (κ1) is 31.2. The molecule has 1 heterocycles. The quantitative estimate of drug-likeness (QED) is 0.206. The first-order valence-corrected chi connectivity index (χ1v) is 14.9. The van der Waals surface area contributed by atoms with Crippen molar-refractivity contribution in [2.45, 2.75) is 114 Å². The van der Waals surface area contributed by atoms with Crippen LogP contribution in [0.2, 0.25) is 0 Å². The number of nitrogens with two attached hydrogens (primary N) is 1. The van der Waals surface area contributed by atoms with Gasteiger partial charge >= 0.3 is 6.09 Å². The molecule has 0 unspecified atom stereocenters. The standard InChI is InChI=1S/C27H49N5O4S/c1-6-14-36-26(35)31-22(27(4,5)37-20(7-2)8-3)25(34)32-17-19(23(28)29)15-21(32)24(33)30-16-18-12-10-9-11-13-18/h18-22H,6-17H2,1-5H3,(H3,28,29)(H,30,33)(H,31,35)/t19-,21+,22+/m1/s1. The number of amides is 3. The molecule has 0 aromatic carbocycles. The van der Waals surface area contributed by atoms with Gasteiger partial charge in [0.25, 0.3) is 0 Å². The van der Waals surface area contributed by atoms with Gasteiger partial charge in [-0.05, 0) is 58.3 Å². The molecular weight excluding hydrogens is 490 g/mol. The molecule has 1 aliphatic carbocycles. The minimum atomic E-state index is -0.901. The summed E-state index contributed by atoms with van der Waals surface area (Å²) in [5.74, 6) is -0.501. The molecule has 0 spiro atoms. The normalized spacial score (nSPS) is 21.5. The maximum Gasteiger partial charge on any atom is 0.407 e. The first-order chi connectivity index (χ1) is 17.5. The summed E-state index contributed by atoms with van der Waals surface area (Å²) in [6.45, 7) is 11.1. The Labute approximate surface area is 227 Å².